The summed E-state index contributed by atoms with van der Waals surface area (Å²) >= 11 is 0. The number of hydrogen-bond donors (Lipinski definition) is 1. The van der Waals surface area contributed by atoms with Crippen molar-refractivity contribution < 1.29 is 4.74 Å². The van der Waals surface area contributed by atoms with Gasteiger partial charge in [0.2, 0.25) is 5.95 Å². The molecule has 0 unspecified atom stereocenters. The summed E-state index contributed by atoms with van der Waals surface area (Å²) in [7, 11) is 3.70. The van der Waals surface area contributed by atoms with Crippen LogP contribution in [-0.2, 0) is 0 Å². The lowest BCUT2D eigenvalue weighted by Crippen LogP contribution is -2.21. The standard InChI is InChI=1S/C22H26N4O/c1-4-5-14-26(2)22-24-20(17-10-7-6-8-11-17)16-21(25-22)23-18-12-9-13-19(15-18)27-3/h6-13,15-16H,4-5,14H2,1-3H3,(H,23,24,25). The topological polar surface area (TPSA) is 50.3 Å². The monoisotopic (exact) mass is 362 g/mol. The second-order valence-electron chi connectivity index (χ2n) is 6.44. The van der Waals surface area contributed by atoms with Crippen molar-refractivity contribution >= 4 is 17.5 Å². The average molecular weight is 362 g/mol. The van der Waals surface area contributed by atoms with E-state index in [-0.39, 0.29) is 0 Å². The van der Waals surface area contributed by atoms with Gasteiger partial charge in [0, 0.05) is 37.0 Å². The quantitative estimate of drug-likeness (QED) is 0.602. The zero-order valence-electron chi connectivity index (χ0n) is 16.1. The number of hydrogen-bond acceptors (Lipinski definition) is 5. The number of anilines is 3. The van der Waals surface area contributed by atoms with Crippen LogP contribution in [0.1, 0.15) is 19.8 Å². The van der Waals surface area contributed by atoms with Gasteiger partial charge in [0.25, 0.3) is 0 Å². The largest absolute Gasteiger partial charge is 0.497 e. The minimum absolute atomic E-state index is 0.718. The molecule has 5 heteroatoms. The number of nitrogens with zero attached hydrogens (tertiary/aromatic N) is 3. The van der Waals surface area contributed by atoms with Crippen LogP contribution >= 0.6 is 0 Å². The molecule has 3 aromatic rings. The lowest BCUT2D eigenvalue weighted by Gasteiger charge is -2.19. The van der Waals surface area contributed by atoms with E-state index < -0.39 is 0 Å². The van der Waals surface area contributed by atoms with Crippen molar-refractivity contribution in [2.45, 2.75) is 19.8 Å². The molecule has 140 valence electrons. The van der Waals surface area contributed by atoms with Crippen LogP contribution in [0.3, 0.4) is 0 Å². The SMILES string of the molecule is CCCCN(C)c1nc(Nc2cccc(OC)c2)cc(-c2ccccc2)n1. The molecule has 1 aromatic heterocycles. The Morgan fingerprint density at radius 3 is 2.56 bits per heavy atom. The van der Waals surface area contributed by atoms with Crippen LogP contribution < -0.4 is 15.0 Å². The number of nitrogens with one attached hydrogen (secondary N) is 1. The molecule has 3 rings (SSSR count). The number of benzene rings is 2. The molecule has 0 spiro atoms. The van der Waals surface area contributed by atoms with E-state index in [4.69, 9.17) is 14.7 Å². The first-order chi connectivity index (χ1) is 13.2. The van der Waals surface area contributed by atoms with Gasteiger partial charge >= 0.3 is 0 Å². The van der Waals surface area contributed by atoms with Crippen LogP contribution in [0.2, 0.25) is 0 Å². The van der Waals surface area contributed by atoms with Crippen LogP contribution in [0.4, 0.5) is 17.5 Å². The van der Waals surface area contributed by atoms with E-state index in [1.807, 2.05) is 55.6 Å². The molecule has 1 N–H and O–H groups in total. The van der Waals surface area contributed by atoms with Crippen molar-refractivity contribution in [1.82, 2.24) is 9.97 Å². The Balaban J connectivity index is 1.96. The second-order valence-corrected chi connectivity index (χ2v) is 6.44. The van der Waals surface area contributed by atoms with Gasteiger partial charge in [-0.2, -0.15) is 4.98 Å². The number of aromatic nitrogens is 2. The summed E-state index contributed by atoms with van der Waals surface area (Å²) in [5, 5.41) is 3.38. The Labute approximate surface area is 161 Å². The van der Waals surface area contributed by atoms with Gasteiger partial charge in [-0.15, -0.1) is 0 Å². The van der Waals surface area contributed by atoms with Crippen molar-refractivity contribution in [2.24, 2.45) is 0 Å². The van der Waals surface area contributed by atoms with Gasteiger partial charge in [-0.1, -0.05) is 49.7 Å². The van der Waals surface area contributed by atoms with E-state index in [9.17, 15) is 0 Å². The molecule has 2 aromatic carbocycles. The van der Waals surface area contributed by atoms with Gasteiger partial charge in [0.1, 0.15) is 11.6 Å². The summed E-state index contributed by atoms with van der Waals surface area (Å²) < 4.78 is 5.31. The van der Waals surface area contributed by atoms with Crippen molar-refractivity contribution in [3.8, 4) is 17.0 Å². The minimum Gasteiger partial charge on any atom is -0.497 e. The average Bonchev–Trinajstić information content (AvgIpc) is 2.72. The predicted octanol–water partition coefficient (Wildman–Crippen LogP) is 5.13. The van der Waals surface area contributed by atoms with Crippen LogP contribution in [-0.4, -0.2) is 30.7 Å². The normalized spacial score (nSPS) is 10.5. The maximum Gasteiger partial charge on any atom is 0.227 e. The first kappa shape index (κ1) is 18.7. The van der Waals surface area contributed by atoms with Gasteiger partial charge in [-0.25, -0.2) is 4.98 Å². The van der Waals surface area contributed by atoms with E-state index in [1.165, 1.54) is 0 Å². The van der Waals surface area contributed by atoms with Crippen LogP contribution in [0, 0.1) is 0 Å². The van der Waals surface area contributed by atoms with Crippen molar-refractivity contribution in [3.63, 3.8) is 0 Å². The molecule has 0 aliphatic carbocycles. The zero-order chi connectivity index (χ0) is 19.1. The Kier molecular flexibility index (Phi) is 6.26. The summed E-state index contributed by atoms with van der Waals surface area (Å²) in [6.45, 7) is 3.11. The summed E-state index contributed by atoms with van der Waals surface area (Å²) in [4.78, 5) is 11.6. The van der Waals surface area contributed by atoms with E-state index in [0.29, 0.717) is 0 Å². The van der Waals surface area contributed by atoms with Crippen molar-refractivity contribution in [2.75, 3.05) is 30.9 Å². The molecule has 0 saturated carbocycles. The molecular formula is C22H26N4O. The molecule has 0 atom stereocenters. The van der Waals surface area contributed by atoms with Gasteiger partial charge in [0.05, 0.1) is 12.8 Å². The summed E-state index contributed by atoms with van der Waals surface area (Å²) in [6.07, 6.45) is 2.24. The van der Waals surface area contributed by atoms with Crippen molar-refractivity contribution in [3.05, 3.63) is 60.7 Å². The Morgan fingerprint density at radius 2 is 1.81 bits per heavy atom. The molecule has 0 amide bonds. The lowest BCUT2D eigenvalue weighted by atomic mass is 10.1. The molecule has 0 bridgehead atoms. The first-order valence-electron chi connectivity index (χ1n) is 9.26. The third-order valence-corrected chi connectivity index (χ3v) is 4.31. The van der Waals surface area contributed by atoms with Crippen LogP contribution in [0.5, 0.6) is 5.75 Å². The highest BCUT2D eigenvalue weighted by atomic mass is 16.5. The highest BCUT2D eigenvalue weighted by molar-refractivity contribution is 5.68. The number of methoxy groups -OCH3 is 1. The summed E-state index contributed by atoms with van der Waals surface area (Å²) in [5.74, 6) is 2.28. The Morgan fingerprint density at radius 1 is 1.00 bits per heavy atom. The molecule has 0 fully saturated rings. The highest BCUT2D eigenvalue weighted by Crippen LogP contribution is 2.26. The van der Waals surface area contributed by atoms with E-state index in [0.717, 1.165) is 53.8 Å². The third-order valence-electron chi connectivity index (χ3n) is 4.31. The zero-order valence-corrected chi connectivity index (χ0v) is 16.1. The highest BCUT2D eigenvalue weighted by Gasteiger charge is 2.11. The molecule has 5 nitrogen and oxygen atoms in total. The van der Waals surface area contributed by atoms with Gasteiger partial charge in [-0.05, 0) is 18.6 Å². The van der Waals surface area contributed by atoms with E-state index in [1.54, 1.807) is 7.11 Å². The molecule has 0 aliphatic heterocycles. The maximum atomic E-state index is 5.31. The third kappa shape index (κ3) is 4.97. The fraction of sp³-hybridized carbons (Fsp3) is 0.273. The van der Waals surface area contributed by atoms with Gasteiger partial charge < -0.3 is 15.0 Å². The van der Waals surface area contributed by atoms with Gasteiger partial charge in [0.15, 0.2) is 0 Å². The molecule has 0 aliphatic rings. The van der Waals surface area contributed by atoms with Crippen molar-refractivity contribution in [1.29, 1.82) is 0 Å². The lowest BCUT2D eigenvalue weighted by molar-refractivity contribution is 0.415. The number of ether oxygens (including phenoxy) is 1. The number of rotatable bonds is 8. The fourth-order valence-electron chi connectivity index (χ4n) is 2.77. The smallest absolute Gasteiger partial charge is 0.227 e. The first-order valence-corrected chi connectivity index (χ1v) is 9.26. The summed E-state index contributed by atoms with van der Waals surface area (Å²) in [6, 6.07) is 20.0. The van der Waals surface area contributed by atoms with Gasteiger partial charge in [-0.3, -0.25) is 0 Å². The van der Waals surface area contributed by atoms with Crippen LogP contribution in [0.15, 0.2) is 60.7 Å². The Bertz CT molecular complexity index is 867. The van der Waals surface area contributed by atoms with E-state index in [2.05, 4.69) is 29.3 Å². The molecular weight excluding hydrogens is 336 g/mol. The maximum absolute atomic E-state index is 5.31. The summed E-state index contributed by atoms with van der Waals surface area (Å²) in [5.41, 5.74) is 2.89. The minimum atomic E-state index is 0.718. The molecule has 0 radical (unpaired) electrons. The molecule has 1 heterocycles. The molecule has 27 heavy (non-hydrogen) atoms. The fourth-order valence-corrected chi connectivity index (χ4v) is 2.77. The second kappa shape index (κ2) is 9.03. The Hall–Kier alpha value is -3.08. The number of unbranched alkanes of at least 4 members (excludes halogenated alkanes) is 1. The van der Waals surface area contributed by atoms with Crippen LogP contribution in [0.25, 0.3) is 11.3 Å². The molecule has 0 saturated heterocycles. The van der Waals surface area contributed by atoms with E-state index >= 15 is 0 Å². The predicted molar refractivity (Wildman–Crippen MR) is 112 cm³/mol.